The number of alkyl halides is 3. The molecule has 7 heteroatoms. The number of aromatic nitrogens is 2. The second-order valence-electron chi connectivity index (χ2n) is 4.90. The van der Waals surface area contributed by atoms with E-state index in [0.29, 0.717) is 17.3 Å². The molecule has 118 valence electrons. The van der Waals surface area contributed by atoms with Crippen molar-refractivity contribution in [3.05, 3.63) is 60.3 Å². The Morgan fingerprint density at radius 1 is 1.04 bits per heavy atom. The first-order chi connectivity index (χ1) is 10.9. The summed E-state index contributed by atoms with van der Waals surface area (Å²) in [5.74, 6) is 1.15. The second-order valence-corrected chi connectivity index (χ2v) is 4.90. The first kappa shape index (κ1) is 15.0. The molecule has 0 aliphatic rings. The molecular formula is C16H12F3N3O. The summed E-state index contributed by atoms with van der Waals surface area (Å²) in [6.07, 6.45) is -2.90. The molecule has 0 bridgehead atoms. The molecule has 3 rings (SSSR count). The highest BCUT2D eigenvalue weighted by atomic mass is 19.4. The van der Waals surface area contributed by atoms with Gasteiger partial charge in [-0.05, 0) is 42.5 Å². The van der Waals surface area contributed by atoms with E-state index in [9.17, 15) is 18.3 Å². The molecule has 0 atom stereocenters. The summed E-state index contributed by atoms with van der Waals surface area (Å²) in [5.41, 5.74) is 0.335. The van der Waals surface area contributed by atoms with E-state index in [2.05, 4.69) is 15.3 Å². The van der Waals surface area contributed by atoms with E-state index in [1.807, 2.05) is 0 Å². The minimum absolute atomic E-state index is 0.141. The first-order valence-corrected chi connectivity index (χ1v) is 6.70. The molecule has 0 fully saturated rings. The van der Waals surface area contributed by atoms with Crippen LogP contribution in [-0.2, 0) is 6.18 Å². The lowest BCUT2D eigenvalue weighted by atomic mass is 10.2. The van der Waals surface area contributed by atoms with Crippen molar-refractivity contribution in [1.82, 2.24) is 9.97 Å². The van der Waals surface area contributed by atoms with Gasteiger partial charge in [-0.25, -0.2) is 4.98 Å². The number of hydrogen-bond acceptors (Lipinski definition) is 3. The van der Waals surface area contributed by atoms with Crippen LogP contribution in [0.3, 0.4) is 0 Å². The molecule has 0 saturated heterocycles. The third-order valence-corrected chi connectivity index (χ3v) is 3.19. The number of nitrogens with one attached hydrogen (secondary N) is 2. The Morgan fingerprint density at radius 3 is 2.48 bits per heavy atom. The fraction of sp³-hybridized carbons (Fsp3) is 0.0625. The van der Waals surface area contributed by atoms with Crippen LogP contribution >= 0.6 is 0 Å². The van der Waals surface area contributed by atoms with E-state index < -0.39 is 11.7 Å². The number of H-pyrrole nitrogens is 1. The maximum atomic E-state index is 12.7. The number of phenols is 1. The van der Waals surface area contributed by atoms with E-state index in [4.69, 9.17) is 0 Å². The summed E-state index contributed by atoms with van der Waals surface area (Å²) in [6, 6.07) is 11.3. The van der Waals surface area contributed by atoms with Gasteiger partial charge in [0, 0.05) is 11.3 Å². The Bertz CT molecular complexity index is 810. The number of benzene rings is 2. The van der Waals surface area contributed by atoms with E-state index in [-0.39, 0.29) is 5.75 Å². The Labute approximate surface area is 129 Å². The standard InChI is InChI=1S/C16H12F3N3O/c17-16(18,19)11-2-1-3-12(8-11)21-14-9-20-15(22-14)10-4-6-13(23)7-5-10/h1-9,21,23H,(H,20,22). The van der Waals surface area contributed by atoms with E-state index in [1.165, 1.54) is 30.5 Å². The summed E-state index contributed by atoms with van der Waals surface area (Å²) in [7, 11) is 0. The number of phenolic OH excluding ortho intramolecular Hbond substituents is 1. The Hall–Kier alpha value is -2.96. The quantitative estimate of drug-likeness (QED) is 0.664. The number of imidazole rings is 1. The van der Waals surface area contributed by atoms with Crippen molar-refractivity contribution < 1.29 is 18.3 Å². The Kier molecular flexibility index (Phi) is 3.69. The zero-order chi connectivity index (χ0) is 16.4. The number of aromatic hydroxyl groups is 1. The van der Waals surface area contributed by atoms with Gasteiger partial charge in [-0.3, -0.25) is 0 Å². The van der Waals surface area contributed by atoms with Gasteiger partial charge >= 0.3 is 6.18 Å². The SMILES string of the molecule is Oc1ccc(-c2ncc(Nc3cccc(C(F)(F)F)c3)[nH]2)cc1. The van der Waals surface area contributed by atoms with Crippen molar-refractivity contribution in [3.8, 4) is 17.1 Å². The molecule has 0 radical (unpaired) electrons. The third kappa shape index (κ3) is 3.45. The molecule has 1 heterocycles. The highest BCUT2D eigenvalue weighted by Crippen LogP contribution is 2.31. The van der Waals surface area contributed by atoms with Crippen LogP contribution in [0.25, 0.3) is 11.4 Å². The van der Waals surface area contributed by atoms with Gasteiger partial charge in [0.2, 0.25) is 0 Å². The topological polar surface area (TPSA) is 60.9 Å². The molecule has 0 aliphatic heterocycles. The molecule has 0 spiro atoms. The van der Waals surface area contributed by atoms with Crippen LogP contribution in [-0.4, -0.2) is 15.1 Å². The van der Waals surface area contributed by atoms with Crippen LogP contribution in [0.15, 0.2) is 54.7 Å². The van der Waals surface area contributed by atoms with Crippen LogP contribution in [0, 0.1) is 0 Å². The van der Waals surface area contributed by atoms with Crippen LogP contribution < -0.4 is 5.32 Å². The van der Waals surface area contributed by atoms with Crippen molar-refractivity contribution in [2.75, 3.05) is 5.32 Å². The van der Waals surface area contributed by atoms with Crippen LogP contribution in [0.4, 0.5) is 24.7 Å². The average molecular weight is 319 g/mol. The predicted octanol–water partition coefficient (Wildman–Crippen LogP) is 4.54. The number of nitrogens with zero attached hydrogens (tertiary/aromatic N) is 1. The zero-order valence-electron chi connectivity index (χ0n) is 11.7. The molecule has 3 aromatic rings. The van der Waals surface area contributed by atoms with E-state index in [0.717, 1.165) is 17.7 Å². The van der Waals surface area contributed by atoms with Crippen LogP contribution in [0.5, 0.6) is 5.75 Å². The van der Waals surface area contributed by atoms with Gasteiger partial charge in [0.05, 0.1) is 11.8 Å². The van der Waals surface area contributed by atoms with Gasteiger partial charge < -0.3 is 15.4 Å². The Morgan fingerprint density at radius 2 is 1.78 bits per heavy atom. The molecule has 4 nitrogen and oxygen atoms in total. The zero-order valence-corrected chi connectivity index (χ0v) is 11.7. The second kappa shape index (κ2) is 5.68. The van der Waals surface area contributed by atoms with Gasteiger partial charge in [-0.15, -0.1) is 0 Å². The van der Waals surface area contributed by atoms with Gasteiger partial charge in [0.1, 0.15) is 17.4 Å². The largest absolute Gasteiger partial charge is 0.508 e. The molecule has 1 aromatic heterocycles. The predicted molar refractivity (Wildman–Crippen MR) is 80.4 cm³/mol. The van der Waals surface area contributed by atoms with Crippen molar-refractivity contribution >= 4 is 11.5 Å². The highest BCUT2D eigenvalue weighted by molar-refractivity contribution is 5.62. The fourth-order valence-electron chi connectivity index (χ4n) is 2.08. The van der Waals surface area contributed by atoms with Crippen LogP contribution in [0.2, 0.25) is 0 Å². The maximum absolute atomic E-state index is 12.7. The number of rotatable bonds is 3. The van der Waals surface area contributed by atoms with E-state index in [1.54, 1.807) is 12.1 Å². The highest BCUT2D eigenvalue weighted by Gasteiger charge is 2.30. The van der Waals surface area contributed by atoms with Gasteiger partial charge in [0.15, 0.2) is 0 Å². The molecule has 0 amide bonds. The summed E-state index contributed by atoms with van der Waals surface area (Å²) in [4.78, 5) is 7.13. The van der Waals surface area contributed by atoms with Crippen molar-refractivity contribution in [2.24, 2.45) is 0 Å². The summed E-state index contributed by atoms with van der Waals surface area (Å²) < 4.78 is 38.1. The first-order valence-electron chi connectivity index (χ1n) is 6.70. The number of aromatic amines is 1. The number of anilines is 2. The minimum Gasteiger partial charge on any atom is -0.508 e. The van der Waals surface area contributed by atoms with Crippen molar-refractivity contribution in [1.29, 1.82) is 0 Å². The summed E-state index contributed by atoms with van der Waals surface area (Å²) >= 11 is 0. The number of hydrogen-bond donors (Lipinski definition) is 3. The third-order valence-electron chi connectivity index (χ3n) is 3.19. The molecule has 0 aliphatic carbocycles. The smallest absolute Gasteiger partial charge is 0.416 e. The maximum Gasteiger partial charge on any atom is 0.416 e. The molecule has 3 N–H and O–H groups in total. The molecule has 2 aromatic carbocycles. The lowest BCUT2D eigenvalue weighted by molar-refractivity contribution is -0.137. The fourth-order valence-corrected chi connectivity index (χ4v) is 2.08. The lowest BCUT2D eigenvalue weighted by Gasteiger charge is -2.09. The van der Waals surface area contributed by atoms with Crippen molar-refractivity contribution in [3.63, 3.8) is 0 Å². The van der Waals surface area contributed by atoms with Crippen molar-refractivity contribution in [2.45, 2.75) is 6.18 Å². The summed E-state index contributed by atoms with van der Waals surface area (Å²) in [6.45, 7) is 0. The van der Waals surface area contributed by atoms with Gasteiger partial charge in [-0.2, -0.15) is 13.2 Å². The van der Waals surface area contributed by atoms with E-state index >= 15 is 0 Å². The monoisotopic (exact) mass is 319 g/mol. The molecular weight excluding hydrogens is 307 g/mol. The Balaban J connectivity index is 1.81. The molecule has 23 heavy (non-hydrogen) atoms. The number of halogens is 3. The minimum atomic E-state index is -4.39. The van der Waals surface area contributed by atoms with Crippen LogP contribution in [0.1, 0.15) is 5.56 Å². The molecule has 0 unspecified atom stereocenters. The molecule has 0 saturated carbocycles. The average Bonchev–Trinajstić information content (AvgIpc) is 2.96. The summed E-state index contributed by atoms with van der Waals surface area (Å²) in [5, 5.41) is 12.1. The van der Waals surface area contributed by atoms with Gasteiger partial charge in [-0.1, -0.05) is 6.07 Å². The lowest BCUT2D eigenvalue weighted by Crippen LogP contribution is -2.05. The van der Waals surface area contributed by atoms with Gasteiger partial charge in [0.25, 0.3) is 0 Å². The normalized spacial score (nSPS) is 11.4.